The van der Waals surface area contributed by atoms with Gasteiger partial charge in [0.25, 0.3) is 0 Å². The Morgan fingerprint density at radius 1 is 1.12 bits per heavy atom. The van der Waals surface area contributed by atoms with E-state index in [2.05, 4.69) is 88.2 Å². The van der Waals surface area contributed by atoms with Gasteiger partial charge in [-0.15, -0.1) is 0 Å². The average molecular weight is 494 g/mol. The van der Waals surface area contributed by atoms with Gasteiger partial charge in [-0.1, -0.05) is 24.6 Å². The highest BCUT2D eigenvalue weighted by atomic mass is 35.5. The van der Waals surface area contributed by atoms with Crippen LogP contribution in [0.4, 0.5) is 11.4 Å². The van der Waals surface area contributed by atoms with Crippen molar-refractivity contribution in [3.63, 3.8) is 0 Å². The van der Waals surface area contributed by atoms with Gasteiger partial charge in [0.15, 0.2) is 5.11 Å². The highest BCUT2D eigenvalue weighted by molar-refractivity contribution is 7.80. The molecule has 4 heterocycles. The lowest BCUT2D eigenvalue weighted by Crippen LogP contribution is -2.33. The zero-order valence-electron chi connectivity index (χ0n) is 20.0. The second kappa shape index (κ2) is 9.59. The van der Waals surface area contributed by atoms with Crippen LogP contribution >= 0.6 is 23.8 Å². The molecule has 7 heteroatoms. The number of nitrogens with zero attached hydrogens (tertiary/aromatic N) is 4. The summed E-state index contributed by atoms with van der Waals surface area (Å²) in [4.78, 5) is 9.25. The number of benzene rings is 1. The Morgan fingerprint density at radius 3 is 2.56 bits per heavy atom. The molecule has 34 heavy (non-hydrogen) atoms. The summed E-state index contributed by atoms with van der Waals surface area (Å²) in [5.41, 5.74) is 4.28. The number of pyridine rings is 1. The van der Waals surface area contributed by atoms with Crippen molar-refractivity contribution < 1.29 is 0 Å². The molecule has 2 fully saturated rings. The number of piperidine rings is 1. The Kier molecular flexibility index (Phi) is 6.54. The smallest absolute Gasteiger partial charge is 0.174 e. The van der Waals surface area contributed by atoms with Gasteiger partial charge < -0.3 is 19.7 Å². The van der Waals surface area contributed by atoms with Gasteiger partial charge in [0.1, 0.15) is 0 Å². The molecule has 2 atom stereocenters. The first-order valence-electron chi connectivity index (χ1n) is 12.1. The molecule has 178 valence electrons. The Morgan fingerprint density at radius 2 is 1.91 bits per heavy atom. The first-order valence-corrected chi connectivity index (χ1v) is 12.9. The van der Waals surface area contributed by atoms with Gasteiger partial charge in [-0.05, 0) is 86.8 Å². The number of nitrogens with one attached hydrogen (secondary N) is 1. The van der Waals surface area contributed by atoms with Crippen LogP contribution in [0.1, 0.15) is 63.0 Å². The minimum Gasteiger partial charge on any atom is -0.370 e. The van der Waals surface area contributed by atoms with E-state index in [4.69, 9.17) is 23.8 Å². The van der Waals surface area contributed by atoms with Crippen molar-refractivity contribution in [2.45, 2.75) is 51.7 Å². The summed E-state index contributed by atoms with van der Waals surface area (Å²) in [6.07, 6.45) is 8.61. The summed E-state index contributed by atoms with van der Waals surface area (Å²) in [5.74, 6) is 0.782. The molecule has 1 aromatic carbocycles. The zero-order valence-corrected chi connectivity index (χ0v) is 21.6. The van der Waals surface area contributed by atoms with E-state index in [9.17, 15) is 0 Å². The van der Waals surface area contributed by atoms with Gasteiger partial charge in [-0.2, -0.15) is 0 Å². The molecule has 0 radical (unpaired) electrons. The third kappa shape index (κ3) is 4.41. The highest BCUT2D eigenvalue weighted by Gasteiger charge is 2.41. The standard InChI is InChI=1S/C27H32ClN5S/c1-18(2)32-15-11-20(17-32)26-25(23-6-4-5-12-29-23)30-27(34)33(26)21-7-8-24(22(28)16-21)31-13-9-19(3)10-14-31/h4-8,11-12,15-19,25-26H,9-10,13-14H2,1-3H3,(H,30,34)/t25-,26-/m0/s1. The third-order valence-electron chi connectivity index (χ3n) is 7.11. The summed E-state index contributed by atoms with van der Waals surface area (Å²) < 4.78 is 2.23. The van der Waals surface area contributed by atoms with Crippen molar-refractivity contribution in [3.8, 4) is 0 Å². The Bertz CT molecular complexity index is 1150. The van der Waals surface area contributed by atoms with E-state index in [1.807, 2.05) is 18.3 Å². The third-order valence-corrected chi connectivity index (χ3v) is 7.72. The fraction of sp³-hybridized carbons (Fsp3) is 0.407. The molecule has 5 nitrogen and oxygen atoms in total. The second-order valence-electron chi connectivity index (χ2n) is 9.79. The van der Waals surface area contributed by atoms with E-state index >= 15 is 0 Å². The molecular weight excluding hydrogens is 462 g/mol. The molecule has 5 rings (SSSR count). The molecule has 0 saturated carbocycles. The van der Waals surface area contributed by atoms with Crippen LogP contribution in [0.3, 0.4) is 0 Å². The number of hydrogen-bond acceptors (Lipinski definition) is 3. The molecule has 2 aliphatic heterocycles. The predicted octanol–water partition coefficient (Wildman–Crippen LogP) is 6.53. The minimum atomic E-state index is -0.0567. The van der Waals surface area contributed by atoms with Crippen molar-refractivity contribution in [2.24, 2.45) is 5.92 Å². The van der Waals surface area contributed by atoms with E-state index in [1.54, 1.807) is 0 Å². The van der Waals surface area contributed by atoms with Crippen LogP contribution in [-0.2, 0) is 0 Å². The lowest BCUT2D eigenvalue weighted by Gasteiger charge is -2.33. The predicted molar refractivity (Wildman–Crippen MR) is 145 cm³/mol. The fourth-order valence-corrected chi connectivity index (χ4v) is 5.69. The zero-order chi connectivity index (χ0) is 23.8. The number of halogens is 1. The maximum absolute atomic E-state index is 6.87. The normalized spacial score (nSPS) is 21.4. The van der Waals surface area contributed by atoms with Gasteiger partial charge >= 0.3 is 0 Å². The lowest BCUT2D eigenvalue weighted by atomic mass is 9.98. The maximum atomic E-state index is 6.87. The molecule has 2 aliphatic rings. The SMILES string of the molecule is CC1CCN(c2ccc(N3C(=S)N[C@@H](c4ccccn4)[C@@H]3c3ccn(C(C)C)c3)cc2Cl)CC1. The van der Waals surface area contributed by atoms with Crippen molar-refractivity contribution in [1.82, 2.24) is 14.9 Å². The van der Waals surface area contributed by atoms with Crippen molar-refractivity contribution in [2.75, 3.05) is 22.9 Å². The second-order valence-corrected chi connectivity index (χ2v) is 10.6. The van der Waals surface area contributed by atoms with Crippen LogP contribution in [0.15, 0.2) is 61.1 Å². The summed E-state index contributed by atoms with van der Waals surface area (Å²) >= 11 is 12.7. The van der Waals surface area contributed by atoms with Crippen LogP contribution < -0.4 is 15.1 Å². The Balaban J connectivity index is 1.52. The summed E-state index contributed by atoms with van der Waals surface area (Å²) in [6.45, 7) is 8.81. The van der Waals surface area contributed by atoms with Crippen molar-refractivity contribution >= 4 is 40.3 Å². The first-order chi connectivity index (χ1) is 16.4. The van der Waals surface area contributed by atoms with Crippen molar-refractivity contribution in [1.29, 1.82) is 0 Å². The fourth-order valence-electron chi connectivity index (χ4n) is 5.05. The van der Waals surface area contributed by atoms with Crippen LogP contribution in [0.25, 0.3) is 0 Å². The summed E-state index contributed by atoms with van der Waals surface area (Å²) in [6, 6.07) is 14.9. The average Bonchev–Trinajstić information content (AvgIpc) is 3.45. The Labute approximate surface area is 212 Å². The molecule has 0 amide bonds. The van der Waals surface area contributed by atoms with Crippen LogP contribution in [-0.4, -0.2) is 27.8 Å². The van der Waals surface area contributed by atoms with E-state index in [-0.39, 0.29) is 12.1 Å². The van der Waals surface area contributed by atoms with Gasteiger partial charge in [0.05, 0.1) is 28.5 Å². The maximum Gasteiger partial charge on any atom is 0.174 e. The van der Waals surface area contributed by atoms with Gasteiger partial charge in [-0.3, -0.25) is 4.98 Å². The van der Waals surface area contributed by atoms with Crippen LogP contribution in [0.2, 0.25) is 5.02 Å². The van der Waals surface area contributed by atoms with E-state index in [0.717, 1.165) is 41.1 Å². The number of hydrogen-bond donors (Lipinski definition) is 1. The van der Waals surface area contributed by atoms with E-state index < -0.39 is 0 Å². The molecule has 0 spiro atoms. The van der Waals surface area contributed by atoms with E-state index in [1.165, 1.54) is 18.4 Å². The number of anilines is 2. The quantitative estimate of drug-likeness (QED) is 0.409. The molecule has 2 saturated heterocycles. The molecule has 0 bridgehead atoms. The van der Waals surface area contributed by atoms with Crippen LogP contribution in [0, 0.1) is 5.92 Å². The largest absolute Gasteiger partial charge is 0.370 e. The van der Waals surface area contributed by atoms with E-state index in [0.29, 0.717) is 11.2 Å². The monoisotopic (exact) mass is 493 g/mol. The molecular formula is C27H32ClN5S. The Hall–Kier alpha value is -2.57. The van der Waals surface area contributed by atoms with Gasteiger partial charge in [0.2, 0.25) is 0 Å². The number of aromatic nitrogens is 2. The molecule has 3 aromatic rings. The van der Waals surface area contributed by atoms with Crippen LogP contribution in [0.5, 0.6) is 0 Å². The minimum absolute atomic E-state index is 0.0276. The topological polar surface area (TPSA) is 36.3 Å². The molecule has 2 aromatic heterocycles. The lowest BCUT2D eigenvalue weighted by molar-refractivity contribution is 0.438. The van der Waals surface area contributed by atoms with Gasteiger partial charge in [-0.25, -0.2) is 0 Å². The molecule has 0 aliphatic carbocycles. The summed E-state index contributed by atoms with van der Waals surface area (Å²) in [7, 11) is 0. The summed E-state index contributed by atoms with van der Waals surface area (Å²) in [5, 5.41) is 5.00. The molecule has 0 unspecified atom stereocenters. The molecule has 1 N–H and O–H groups in total. The first kappa shape index (κ1) is 23.2. The van der Waals surface area contributed by atoms with Crippen molar-refractivity contribution in [3.05, 3.63) is 77.3 Å². The van der Waals surface area contributed by atoms with Gasteiger partial charge in [0, 0.05) is 43.4 Å². The number of rotatable bonds is 5. The highest BCUT2D eigenvalue weighted by Crippen LogP contribution is 2.43. The number of thiocarbonyl (C=S) groups is 1.